The normalized spacial score (nSPS) is 15.6. The van der Waals surface area contributed by atoms with Crippen LogP contribution in [0.25, 0.3) is 17.1 Å². The van der Waals surface area contributed by atoms with Gasteiger partial charge in [-0.3, -0.25) is 4.79 Å². The number of furan rings is 1. The minimum absolute atomic E-state index is 0.00294. The summed E-state index contributed by atoms with van der Waals surface area (Å²) >= 11 is 3.20. The van der Waals surface area contributed by atoms with E-state index >= 15 is 0 Å². The Bertz CT molecular complexity index is 992. The summed E-state index contributed by atoms with van der Waals surface area (Å²) in [5, 5.41) is 6.71. The van der Waals surface area contributed by atoms with Crippen LogP contribution < -0.4 is 5.32 Å². The zero-order valence-electron chi connectivity index (χ0n) is 13.9. The van der Waals surface area contributed by atoms with E-state index in [1.165, 1.54) is 12.3 Å². The van der Waals surface area contributed by atoms with E-state index in [4.69, 9.17) is 4.42 Å². The highest BCUT2D eigenvalue weighted by Gasteiger charge is 2.37. The number of nitrogens with zero attached hydrogens (tertiary/aromatic N) is 3. The van der Waals surface area contributed by atoms with Crippen molar-refractivity contribution in [1.29, 1.82) is 0 Å². The van der Waals surface area contributed by atoms with Gasteiger partial charge in [-0.2, -0.15) is 18.3 Å². The topological polar surface area (TPSA) is 72.4 Å². The van der Waals surface area contributed by atoms with E-state index in [9.17, 15) is 18.0 Å². The molecule has 3 heterocycles. The van der Waals surface area contributed by atoms with Crippen molar-refractivity contribution in [2.75, 3.05) is 0 Å². The zero-order chi connectivity index (χ0) is 19.2. The Labute approximate surface area is 159 Å². The molecule has 1 aliphatic carbocycles. The van der Waals surface area contributed by atoms with Crippen LogP contribution in [0.1, 0.15) is 41.9 Å². The third-order valence-corrected chi connectivity index (χ3v) is 5.23. The summed E-state index contributed by atoms with van der Waals surface area (Å²) in [6, 6.07) is 3.93. The number of carbonyl (C=O) groups excluding carboxylic acids is 1. The number of aromatic nitrogens is 3. The third kappa shape index (κ3) is 3.33. The van der Waals surface area contributed by atoms with Crippen molar-refractivity contribution >= 4 is 27.5 Å². The van der Waals surface area contributed by atoms with E-state index in [0.29, 0.717) is 4.52 Å². The standard InChI is InChI=1S/C17H14BrF3N4O2/c18-13-14(16(26)22-9-4-1-2-5-9)24-25-12(17(19,20)21)8-10(23-15(13)25)11-6-3-7-27-11/h3,6-9H,1-2,4-5H2,(H,22,26). The molecule has 3 aromatic heterocycles. The molecule has 6 nitrogen and oxygen atoms in total. The first-order chi connectivity index (χ1) is 12.8. The Kier molecular flexibility index (Phi) is 4.45. The van der Waals surface area contributed by atoms with Gasteiger partial charge in [0.1, 0.15) is 5.69 Å². The Morgan fingerprint density at radius 2 is 2.07 bits per heavy atom. The van der Waals surface area contributed by atoms with Crippen molar-refractivity contribution in [3.63, 3.8) is 0 Å². The fraction of sp³-hybridized carbons (Fsp3) is 0.353. The van der Waals surface area contributed by atoms with Gasteiger partial charge in [0.15, 0.2) is 22.8 Å². The molecule has 1 saturated carbocycles. The van der Waals surface area contributed by atoms with E-state index in [0.717, 1.165) is 31.7 Å². The average Bonchev–Trinajstić information content (AvgIpc) is 3.35. The summed E-state index contributed by atoms with van der Waals surface area (Å²) in [5.74, 6) is -0.333. The second-order valence-corrected chi connectivity index (χ2v) is 7.15. The number of carbonyl (C=O) groups is 1. The molecule has 1 aliphatic rings. The number of nitrogens with one attached hydrogen (secondary N) is 1. The summed E-state index contributed by atoms with van der Waals surface area (Å²) in [6.45, 7) is 0. The average molecular weight is 443 g/mol. The number of amides is 1. The van der Waals surface area contributed by atoms with Gasteiger partial charge >= 0.3 is 6.18 Å². The molecule has 10 heteroatoms. The van der Waals surface area contributed by atoms with Crippen LogP contribution in [-0.2, 0) is 6.18 Å². The van der Waals surface area contributed by atoms with Crippen molar-refractivity contribution in [2.45, 2.75) is 37.9 Å². The summed E-state index contributed by atoms with van der Waals surface area (Å²) < 4.78 is 46.6. The molecular weight excluding hydrogens is 429 g/mol. The lowest BCUT2D eigenvalue weighted by Crippen LogP contribution is -2.33. The highest BCUT2D eigenvalue weighted by Crippen LogP contribution is 2.34. The molecule has 27 heavy (non-hydrogen) atoms. The second-order valence-electron chi connectivity index (χ2n) is 6.35. The van der Waals surface area contributed by atoms with Crippen LogP contribution in [0.3, 0.4) is 0 Å². The maximum absolute atomic E-state index is 13.6. The summed E-state index contributed by atoms with van der Waals surface area (Å²) in [6.07, 6.45) is 0.400. The van der Waals surface area contributed by atoms with Crippen LogP contribution in [0.15, 0.2) is 33.4 Å². The quantitative estimate of drug-likeness (QED) is 0.650. The predicted octanol–water partition coefficient (Wildman–Crippen LogP) is 4.44. The molecule has 0 unspecified atom stereocenters. The van der Waals surface area contributed by atoms with Crippen LogP contribution in [0, 0.1) is 0 Å². The molecule has 3 aromatic rings. The molecule has 142 valence electrons. The zero-order valence-corrected chi connectivity index (χ0v) is 15.5. The molecule has 0 spiro atoms. The van der Waals surface area contributed by atoms with Crippen LogP contribution in [-0.4, -0.2) is 26.5 Å². The molecule has 4 rings (SSSR count). The second kappa shape index (κ2) is 6.66. The van der Waals surface area contributed by atoms with Gasteiger partial charge in [0.2, 0.25) is 0 Å². The maximum atomic E-state index is 13.6. The van der Waals surface area contributed by atoms with Crippen molar-refractivity contribution in [3.8, 4) is 11.5 Å². The number of hydrogen-bond donors (Lipinski definition) is 1. The van der Waals surface area contributed by atoms with Crippen LogP contribution in [0.4, 0.5) is 13.2 Å². The molecular formula is C17H14BrF3N4O2. The summed E-state index contributed by atoms with van der Waals surface area (Å²) in [4.78, 5) is 16.7. The van der Waals surface area contributed by atoms with E-state index in [-0.39, 0.29) is 33.3 Å². The fourth-order valence-electron chi connectivity index (χ4n) is 3.21. The lowest BCUT2D eigenvalue weighted by atomic mass is 10.2. The molecule has 0 atom stereocenters. The Hall–Kier alpha value is -2.36. The molecule has 1 N–H and O–H groups in total. The highest BCUT2D eigenvalue weighted by atomic mass is 79.9. The highest BCUT2D eigenvalue weighted by molar-refractivity contribution is 9.10. The summed E-state index contributed by atoms with van der Waals surface area (Å²) in [5.41, 5.74) is -1.27. The smallest absolute Gasteiger partial charge is 0.433 e. The SMILES string of the molecule is O=C(NC1CCCC1)c1nn2c(C(F)(F)F)cc(-c3ccco3)nc2c1Br. The van der Waals surface area contributed by atoms with Crippen molar-refractivity contribution in [2.24, 2.45) is 0 Å². The van der Waals surface area contributed by atoms with Gasteiger partial charge in [-0.15, -0.1) is 0 Å². The van der Waals surface area contributed by atoms with Crippen molar-refractivity contribution < 1.29 is 22.4 Å². The van der Waals surface area contributed by atoms with E-state index in [1.54, 1.807) is 6.07 Å². The number of hydrogen-bond acceptors (Lipinski definition) is 4. The first kappa shape index (κ1) is 18.0. The van der Waals surface area contributed by atoms with Gasteiger partial charge in [0.25, 0.3) is 5.91 Å². The van der Waals surface area contributed by atoms with Gasteiger partial charge in [0, 0.05) is 6.04 Å². The minimum Gasteiger partial charge on any atom is -0.463 e. The summed E-state index contributed by atoms with van der Waals surface area (Å²) in [7, 11) is 0. The van der Waals surface area contributed by atoms with Crippen LogP contribution in [0.2, 0.25) is 0 Å². The van der Waals surface area contributed by atoms with Gasteiger partial charge in [0.05, 0.1) is 10.7 Å². The van der Waals surface area contributed by atoms with Crippen LogP contribution >= 0.6 is 15.9 Å². The lowest BCUT2D eigenvalue weighted by molar-refractivity contribution is -0.142. The molecule has 1 fully saturated rings. The first-order valence-corrected chi connectivity index (χ1v) is 9.15. The maximum Gasteiger partial charge on any atom is 0.433 e. The minimum atomic E-state index is -4.69. The van der Waals surface area contributed by atoms with Gasteiger partial charge in [-0.05, 0) is 47.0 Å². The van der Waals surface area contributed by atoms with E-state index in [2.05, 4.69) is 31.3 Å². The first-order valence-electron chi connectivity index (χ1n) is 8.36. The number of alkyl halides is 3. The number of rotatable bonds is 3. The Morgan fingerprint density at radius 3 is 2.70 bits per heavy atom. The van der Waals surface area contributed by atoms with Crippen molar-refractivity contribution in [1.82, 2.24) is 19.9 Å². The van der Waals surface area contributed by atoms with Gasteiger partial charge in [-0.25, -0.2) is 9.50 Å². The largest absolute Gasteiger partial charge is 0.463 e. The third-order valence-electron chi connectivity index (χ3n) is 4.50. The number of halogens is 4. The molecule has 0 radical (unpaired) electrons. The monoisotopic (exact) mass is 442 g/mol. The predicted molar refractivity (Wildman–Crippen MR) is 93.1 cm³/mol. The molecule has 0 aliphatic heterocycles. The van der Waals surface area contributed by atoms with E-state index < -0.39 is 17.8 Å². The number of fused-ring (bicyclic) bond motifs is 1. The van der Waals surface area contributed by atoms with Gasteiger partial charge < -0.3 is 9.73 Å². The molecule has 1 amide bonds. The van der Waals surface area contributed by atoms with Gasteiger partial charge in [-0.1, -0.05) is 12.8 Å². The molecule has 0 aromatic carbocycles. The Balaban J connectivity index is 1.83. The fourth-order valence-corrected chi connectivity index (χ4v) is 3.73. The van der Waals surface area contributed by atoms with E-state index in [1.807, 2.05) is 0 Å². The van der Waals surface area contributed by atoms with Crippen molar-refractivity contribution in [3.05, 3.63) is 40.3 Å². The van der Waals surface area contributed by atoms with Crippen LogP contribution in [0.5, 0.6) is 0 Å². The lowest BCUT2D eigenvalue weighted by Gasteiger charge is -2.10. The molecule has 0 saturated heterocycles. The Morgan fingerprint density at radius 1 is 1.33 bits per heavy atom. The molecule has 0 bridgehead atoms.